The predicted molar refractivity (Wildman–Crippen MR) is 114 cm³/mol. The van der Waals surface area contributed by atoms with Gasteiger partial charge in [-0.05, 0) is 62.7 Å². The number of hydrogen-bond donors (Lipinski definition) is 1. The van der Waals surface area contributed by atoms with Crippen molar-refractivity contribution >= 4 is 23.2 Å². The molecule has 1 atom stereocenters. The summed E-state index contributed by atoms with van der Waals surface area (Å²) in [6, 6.07) is 16.3. The number of amides is 1. The molecular formula is C22H22ClN3O3. The van der Waals surface area contributed by atoms with E-state index in [1.807, 2.05) is 44.2 Å². The molecule has 0 spiro atoms. The van der Waals surface area contributed by atoms with Crippen LogP contribution < -0.4 is 14.8 Å². The second kappa shape index (κ2) is 9.39. The maximum atomic E-state index is 12.4. The van der Waals surface area contributed by atoms with Crippen LogP contribution in [-0.4, -0.2) is 28.8 Å². The number of anilines is 1. The lowest BCUT2D eigenvalue weighted by molar-refractivity contribution is -0.122. The van der Waals surface area contributed by atoms with Gasteiger partial charge in [-0.25, -0.2) is 0 Å². The molecule has 150 valence electrons. The van der Waals surface area contributed by atoms with Gasteiger partial charge in [0.2, 0.25) is 5.88 Å². The molecule has 0 aliphatic carbocycles. The number of rotatable bonds is 7. The molecule has 1 amide bonds. The topological polar surface area (TPSA) is 73.3 Å². The zero-order chi connectivity index (χ0) is 20.8. The first-order valence-corrected chi connectivity index (χ1v) is 9.64. The summed E-state index contributed by atoms with van der Waals surface area (Å²) in [6.07, 6.45) is -0.660. The quantitative estimate of drug-likeness (QED) is 0.598. The Morgan fingerprint density at radius 2 is 1.86 bits per heavy atom. The first-order chi connectivity index (χ1) is 14.0. The normalized spacial score (nSPS) is 11.6. The van der Waals surface area contributed by atoms with Gasteiger partial charge in [0.1, 0.15) is 5.75 Å². The Kier molecular flexibility index (Phi) is 6.67. The van der Waals surface area contributed by atoms with Crippen molar-refractivity contribution in [3.05, 3.63) is 65.2 Å². The fraction of sp³-hybridized carbons (Fsp3) is 0.227. The Labute approximate surface area is 174 Å². The average molecular weight is 412 g/mol. The summed E-state index contributed by atoms with van der Waals surface area (Å²) in [5.41, 5.74) is 3.17. The number of ether oxygens (including phenoxy) is 2. The molecule has 1 heterocycles. The minimum Gasteiger partial charge on any atom is -0.481 e. The number of nitrogens with one attached hydrogen (secondary N) is 1. The highest BCUT2D eigenvalue weighted by Gasteiger charge is 2.15. The number of carbonyl (C=O) groups excluding carboxylic acids is 1. The van der Waals surface area contributed by atoms with Crippen LogP contribution in [-0.2, 0) is 4.79 Å². The Balaban J connectivity index is 1.60. The van der Waals surface area contributed by atoms with Crippen molar-refractivity contribution in [2.24, 2.45) is 0 Å². The van der Waals surface area contributed by atoms with E-state index >= 15 is 0 Å². The maximum absolute atomic E-state index is 12.4. The Hall–Kier alpha value is -3.12. The van der Waals surface area contributed by atoms with Crippen LogP contribution in [0.5, 0.6) is 11.6 Å². The largest absolute Gasteiger partial charge is 0.481 e. The van der Waals surface area contributed by atoms with E-state index in [0.717, 1.165) is 16.8 Å². The summed E-state index contributed by atoms with van der Waals surface area (Å²) in [5.74, 6) is 0.843. The number of nitrogens with zero attached hydrogens (tertiary/aromatic N) is 2. The molecule has 6 nitrogen and oxygen atoms in total. The summed E-state index contributed by atoms with van der Waals surface area (Å²) < 4.78 is 11.0. The lowest BCUT2D eigenvalue weighted by Crippen LogP contribution is -2.30. The zero-order valence-corrected chi connectivity index (χ0v) is 17.2. The van der Waals surface area contributed by atoms with Gasteiger partial charge in [0.25, 0.3) is 5.91 Å². The van der Waals surface area contributed by atoms with Crippen LogP contribution in [0, 0.1) is 6.92 Å². The summed E-state index contributed by atoms with van der Waals surface area (Å²) in [4.78, 5) is 12.4. The van der Waals surface area contributed by atoms with Crippen molar-refractivity contribution in [1.82, 2.24) is 10.2 Å². The van der Waals surface area contributed by atoms with E-state index in [1.165, 1.54) is 0 Å². The van der Waals surface area contributed by atoms with Crippen LogP contribution in [0.2, 0.25) is 5.02 Å². The second-order valence-electron chi connectivity index (χ2n) is 6.43. The standard InChI is InChI=1S/C22H22ClN3O3/c1-4-28-21-12-11-20(25-26-21)16-5-7-17(8-6-16)24-22(27)15(3)29-18-9-10-19(23)14(2)13-18/h5-13,15H,4H2,1-3H3,(H,24,27). The van der Waals surface area contributed by atoms with Crippen molar-refractivity contribution in [2.45, 2.75) is 26.9 Å². The molecule has 7 heteroatoms. The fourth-order valence-corrected chi connectivity index (χ4v) is 2.73. The van der Waals surface area contributed by atoms with Gasteiger partial charge < -0.3 is 14.8 Å². The Morgan fingerprint density at radius 3 is 2.48 bits per heavy atom. The lowest BCUT2D eigenvalue weighted by atomic mass is 10.1. The number of halogens is 1. The lowest BCUT2D eigenvalue weighted by Gasteiger charge is -2.15. The Morgan fingerprint density at radius 1 is 1.10 bits per heavy atom. The molecule has 0 radical (unpaired) electrons. The van der Waals surface area contributed by atoms with Crippen molar-refractivity contribution in [3.8, 4) is 22.9 Å². The van der Waals surface area contributed by atoms with Crippen molar-refractivity contribution in [1.29, 1.82) is 0 Å². The van der Waals surface area contributed by atoms with Gasteiger partial charge in [0.05, 0.1) is 12.3 Å². The third-order valence-corrected chi connectivity index (χ3v) is 4.62. The van der Waals surface area contributed by atoms with Crippen LogP contribution in [0.1, 0.15) is 19.4 Å². The zero-order valence-electron chi connectivity index (χ0n) is 16.5. The van der Waals surface area contributed by atoms with Gasteiger partial charge in [0.15, 0.2) is 6.10 Å². The molecule has 0 saturated heterocycles. The molecule has 29 heavy (non-hydrogen) atoms. The number of hydrogen-bond acceptors (Lipinski definition) is 5. The SMILES string of the molecule is CCOc1ccc(-c2ccc(NC(=O)C(C)Oc3ccc(Cl)c(C)c3)cc2)nn1. The predicted octanol–water partition coefficient (Wildman–Crippen LogP) is 4.91. The van der Waals surface area contributed by atoms with Gasteiger partial charge in [0, 0.05) is 22.3 Å². The molecule has 2 aromatic carbocycles. The van der Waals surface area contributed by atoms with E-state index in [2.05, 4.69) is 15.5 Å². The van der Waals surface area contributed by atoms with Crippen LogP contribution in [0.3, 0.4) is 0 Å². The van der Waals surface area contributed by atoms with Crippen LogP contribution >= 0.6 is 11.6 Å². The molecule has 3 aromatic rings. The minimum absolute atomic E-state index is 0.244. The van der Waals surface area contributed by atoms with E-state index in [0.29, 0.717) is 28.9 Å². The van der Waals surface area contributed by atoms with Crippen LogP contribution in [0.15, 0.2) is 54.6 Å². The smallest absolute Gasteiger partial charge is 0.265 e. The van der Waals surface area contributed by atoms with Crippen LogP contribution in [0.25, 0.3) is 11.3 Å². The minimum atomic E-state index is -0.660. The molecule has 1 aromatic heterocycles. The van der Waals surface area contributed by atoms with Gasteiger partial charge >= 0.3 is 0 Å². The number of benzene rings is 2. The number of carbonyl (C=O) groups is 1. The second-order valence-corrected chi connectivity index (χ2v) is 6.83. The molecule has 0 aliphatic rings. The monoisotopic (exact) mass is 411 g/mol. The molecule has 0 fully saturated rings. The highest BCUT2D eigenvalue weighted by atomic mass is 35.5. The van der Waals surface area contributed by atoms with E-state index in [4.69, 9.17) is 21.1 Å². The molecule has 0 aliphatic heterocycles. The molecule has 0 bridgehead atoms. The first-order valence-electron chi connectivity index (χ1n) is 9.27. The number of aryl methyl sites for hydroxylation is 1. The average Bonchev–Trinajstić information content (AvgIpc) is 2.72. The van der Waals surface area contributed by atoms with E-state index < -0.39 is 6.10 Å². The molecular weight excluding hydrogens is 390 g/mol. The molecule has 1 N–H and O–H groups in total. The van der Waals surface area contributed by atoms with Crippen LogP contribution in [0.4, 0.5) is 5.69 Å². The fourth-order valence-electron chi connectivity index (χ4n) is 2.62. The van der Waals surface area contributed by atoms with E-state index in [9.17, 15) is 4.79 Å². The van der Waals surface area contributed by atoms with Gasteiger partial charge in [-0.1, -0.05) is 23.7 Å². The summed E-state index contributed by atoms with van der Waals surface area (Å²) in [5, 5.41) is 11.7. The first kappa shape index (κ1) is 20.6. The number of aromatic nitrogens is 2. The third-order valence-electron chi connectivity index (χ3n) is 4.19. The van der Waals surface area contributed by atoms with Gasteiger partial charge in [-0.3, -0.25) is 4.79 Å². The molecule has 1 unspecified atom stereocenters. The van der Waals surface area contributed by atoms with E-state index in [-0.39, 0.29) is 5.91 Å². The Bertz CT molecular complexity index is 976. The summed E-state index contributed by atoms with van der Waals surface area (Å²) in [6.45, 7) is 6.02. The maximum Gasteiger partial charge on any atom is 0.265 e. The van der Waals surface area contributed by atoms with Crippen molar-refractivity contribution < 1.29 is 14.3 Å². The summed E-state index contributed by atoms with van der Waals surface area (Å²) >= 11 is 6.02. The van der Waals surface area contributed by atoms with Crippen molar-refractivity contribution in [3.63, 3.8) is 0 Å². The van der Waals surface area contributed by atoms with E-state index in [1.54, 1.807) is 31.2 Å². The third kappa shape index (κ3) is 5.45. The van der Waals surface area contributed by atoms with Gasteiger partial charge in [-0.15, -0.1) is 10.2 Å². The highest BCUT2D eigenvalue weighted by molar-refractivity contribution is 6.31. The summed E-state index contributed by atoms with van der Waals surface area (Å²) in [7, 11) is 0. The van der Waals surface area contributed by atoms with Gasteiger partial charge in [-0.2, -0.15) is 0 Å². The van der Waals surface area contributed by atoms with Crippen molar-refractivity contribution in [2.75, 3.05) is 11.9 Å². The molecule has 3 rings (SSSR count). The highest BCUT2D eigenvalue weighted by Crippen LogP contribution is 2.23. The molecule has 0 saturated carbocycles.